The highest BCUT2D eigenvalue weighted by Crippen LogP contribution is 2.32. The molecule has 0 radical (unpaired) electrons. The highest BCUT2D eigenvalue weighted by molar-refractivity contribution is 5.17. The van der Waals surface area contributed by atoms with Gasteiger partial charge in [-0.1, -0.05) is 12.8 Å². The average Bonchev–Trinajstić information content (AvgIpc) is 3.14. The number of aromatic nitrogens is 2. The smallest absolute Gasteiger partial charge is 0.0954 e. The zero-order valence-electron chi connectivity index (χ0n) is 12.9. The molecule has 0 bridgehead atoms. The molecule has 4 heteroatoms. The molecule has 1 saturated heterocycles. The van der Waals surface area contributed by atoms with Gasteiger partial charge < -0.3 is 9.67 Å². The fourth-order valence-corrected chi connectivity index (χ4v) is 4.62. The minimum atomic E-state index is -0.103. The lowest BCUT2D eigenvalue weighted by molar-refractivity contribution is 0.0296. The van der Waals surface area contributed by atoms with E-state index in [0.717, 1.165) is 19.5 Å². The van der Waals surface area contributed by atoms with Crippen molar-refractivity contribution in [2.45, 2.75) is 76.0 Å². The summed E-state index contributed by atoms with van der Waals surface area (Å²) in [5, 5.41) is 10.3. The van der Waals surface area contributed by atoms with Crippen LogP contribution in [0.5, 0.6) is 0 Å². The van der Waals surface area contributed by atoms with Crippen LogP contribution in [0.3, 0.4) is 0 Å². The lowest BCUT2D eigenvalue weighted by atomic mass is 9.91. The maximum absolute atomic E-state index is 10.3. The van der Waals surface area contributed by atoms with Crippen molar-refractivity contribution in [3.8, 4) is 0 Å². The predicted molar refractivity (Wildman–Crippen MR) is 82.4 cm³/mol. The molecule has 1 N–H and O–H groups in total. The fourth-order valence-electron chi connectivity index (χ4n) is 4.62. The second-order valence-corrected chi connectivity index (χ2v) is 7.11. The summed E-state index contributed by atoms with van der Waals surface area (Å²) in [7, 11) is 0. The van der Waals surface area contributed by atoms with E-state index < -0.39 is 0 Å². The van der Waals surface area contributed by atoms with Gasteiger partial charge in [0, 0.05) is 30.9 Å². The Bertz CT molecular complexity index is 498. The zero-order chi connectivity index (χ0) is 14.2. The molecule has 116 valence electrons. The minimum absolute atomic E-state index is 0.103. The van der Waals surface area contributed by atoms with Gasteiger partial charge in [-0.05, 0) is 44.9 Å². The predicted octanol–water partition coefficient (Wildman–Crippen LogP) is 2.31. The summed E-state index contributed by atoms with van der Waals surface area (Å²) in [5.74, 6) is 0. The fraction of sp³-hybridized carbons (Fsp3) is 0.824. The van der Waals surface area contributed by atoms with E-state index in [9.17, 15) is 5.11 Å². The first-order valence-electron chi connectivity index (χ1n) is 8.79. The van der Waals surface area contributed by atoms with E-state index in [-0.39, 0.29) is 6.10 Å². The number of imidazole rings is 1. The van der Waals surface area contributed by atoms with Gasteiger partial charge in [0.05, 0.1) is 18.1 Å². The van der Waals surface area contributed by atoms with Gasteiger partial charge >= 0.3 is 0 Å². The van der Waals surface area contributed by atoms with E-state index in [4.69, 9.17) is 0 Å². The second kappa shape index (κ2) is 5.73. The largest absolute Gasteiger partial charge is 0.391 e. The number of aliphatic hydroxyl groups excluding tert-OH is 1. The quantitative estimate of drug-likeness (QED) is 0.908. The third kappa shape index (κ3) is 2.53. The van der Waals surface area contributed by atoms with Gasteiger partial charge in [0.2, 0.25) is 0 Å². The van der Waals surface area contributed by atoms with Crippen molar-refractivity contribution in [1.29, 1.82) is 0 Å². The lowest BCUT2D eigenvalue weighted by Crippen LogP contribution is -2.44. The second-order valence-electron chi connectivity index (χ2n) is 7.11. The van der Waals surface area contributed by atoms with E-state index in [2.05, 4.69) is 20.8 Å². The molecule has 1 aromatic rings. The number of aryl methyl sites for hydroxylation is 1. The van der Waals surface area contributed by atoms with Gasteiger partial charge in [-0.15, -0.1) is 0 Å². The first kappa shape index (κ1) is 13.8. The topological polar surface area (TPSA) is 41.3 Å². The Morgan fingerprint density at radius 2 is 1.90 bits per heavy atom. The Labute approximate surface area is 127 Å². The third-order valence-corrected chi connectivity index (χ3v) is 5.81. The standard InChI is InChI=1S/C17H27N3O/c21-17-8-4-3-7-16(17)19-10-9-13(11-19)20-12-18-14-5-1-2-6-15(14)20/h12-13,16-17,21H,1-11H2/t13-,16-,17-/m1/s1. The van der Waals surface area contributed by atoms with Crippen LogP contribution in [0.15, 0.2) is 6.33 Å². The molecule has 0 unspecified atom stereocenters. The van der Waals surface area contributed by atoms with Gasteiger partial charge in [-0.2, -0.15) is 0 Å². The number of hydrogen-bond donors (Lipinski definition) is 1. The number of hydrogen-bond acceptors (Lipinski definition) is 3. The van der Waals surface area contributed by atoms with Crippen LogP contribution in [-0.4, -0.2) is 44.8 Å². The first-order chi connectivity index (χ1) is 10.3. The molecular formula is C17H27N3O. The summed E-state index contributed by atoms with van der Waals surface area (Å²) in [6.45, 7) is 2.24. The van der Waals surface area contributed by atoms with Crippen LogP contribution in [0.1, 0.15) is 62.4 Å². The van der Waals surface area contributed by atoms with Crippen molar-refractivity contribution < 1.29 is 5.11 Å². The van der Waals surface area contributed by atoms with Gasteiger partial charge in [-0.25, -0.2) is 4.98 Å². The molecule has 0 amide bonds. The molecular weight excluding hydrogens is 262 g/mol. The third-order valence-electron chi connectivity index (χ3n) is 5.81. The summed E-state index contributed by atoms with van der Waals surface area (Å²) in [4.78, 5) is 7.19. The van der Waals surface area contributed by atoms with Crippen LogP contribution in [-0.2, 0) is 12.8 Å². The molecule has 2 heterocycles. The van der Waals surface area contributed by atoms with Crippen LogP contribution in [0.4, 0.5) is 0 Å². The number of fused-ring (bicyclic) bond motifs is 1. The molecule has 4 nitrogen and oxygen atoms in total. The van der Waals surface area contributed by atoms with E-state index in [1.165, 1.54) is 62.8 Å². The Morgan fingerprint density at radius 1 is 1.05 bits per heavy atom. The molecule has 0 aromatic carbocycles. The minimum Gasteiger partial charge on any atom is -0.391 e. The van der Waals surface area contributed by atoms with E-state index >= 15 is 0 Å². The highest BCUT2D eigenvalue weighted by atomic mass is 16.3. The van der Waals surface area contributed by atoms with Gasteiger partial charge in [0.15, 0.2) is 0 Å². The zero-order valence-corrected chi connectivity index (χ0v) is 12.9. The van der Waals surface area contributed by atoms with Gasteiger partial charge in [0.1, 0.15) is 0 Å². The lowest BCUT2D eigenvalue weighted by Gasteiger charge is -2.35. The molecule has 2 aliphatic carbocycles. The number of likely N-dealkylation sites (tertiary alicyclic amines) is 1. The highest BCUT2D eigenvalue weighted by Gasteiger charge is 2.35. The monoisotopic (exact) mass is 289 g/mol. The first-order valence-corrected chi connectivity index (χ1v) is 8.79. The summed E-state index contributed by atoms with van der Waals surface area (Å²) >= 11 is 0. The Balaban J connectivity index is 1.47. The molecule has 1 saturated carbocycles. The molecule has 1 aromatic heterocycles. The Kier molecular flexibility index (Phi) is 3.76. The van der Waals surface area contributed by atoms with Crippen LogP contribution in [0.2, 0.25) is 0 Å². The number of nitrogens with zero attached hydrogens (tertiary/aromatic N) is 3. The van der Waals surface area contributed by atoms with E-state index in [1.54, 1.807) is 0 Å². The summed E-state index contributed by atoms with van der Waals surface area (Å²) in [6.07, 6.45) is 12.8. The number of aliphatic hydroxyl groups is 1. The number of rotatable bonds is 2. The maximum Gasteiger partial charge on any atom is 0.0954 e. The van der Waals surface area contributed by atoms with Crippen molar-refractivity contribution in [1.82, 2.24) is 14.5 Å². The molecule has 3 aliphatic rings. The van der Waals surface area contributed by atoms with Crippen molar-refractivity contribution in [2.75, 3.05) is 13.1 Å². The van der Waals surface area contributed by atoms with Crippen molar-refractivity contribution in [2.24, 2.45) is 0 Å². The SMILES string of the molecule is O[C@@H]1CCCC[C@H]1N1CC[C@@H](n2cnc3c2CCCC3)C1. The summed E-state index contributed by atoms with van der Waals surface area (Å²) in [6, 6.07) is 0.983. The van der Waals surface area contributed by atoms with Crippen molar-refractivity contribution in [3.05, 3.63) is 17.7 Å². The molecule has 2 fully saturated rings. The molecule has 1 aliphatic heterocycles. The van der Waals surface area contributed by atoms with Crippen molar-refractivity contribution in [3.63, 3.8) is 0 Å². The molecule has 21 heavy (non-hydrogen) atoms. The molecule has 3 atom stereocenters. The maximum atomic E-state index is 10.3. The van der Waals surface area contributed by atoms with Crippen LogP contribution >= 0.6 is 0 Å². The van der Waals surface area contributed by atoms with Gasteiger partial charge in [-0.3, -0.25) is 4.90 Å². The average molecular weight is 289 g/mol. The Hall–Kier alpha value is -0.870. The van der Waals surface area contributed by atoms with E-state index in [1.807, 2.05) is 0 Å². The molecule has 0 spiro atoms. The summed E-state index contributed by atoms with van der Waals surface area (Å²) in [5.41, 5.74) is 2.84. The van der Waals surface area contributed by atoms with Gasteiger partial charge in [0.25, 0.3) is 0 Å². The molecule has 4 rings (SSSR count). The van der Waals surface area contributed by atoms with Crippen LogP contribution in [0.25, 0.3) is 0 Å². The summed E-state index contributed by atoms with van der Waals surface area (Å²) < 4.78 is 2.46. The van der Waals surface area contributed by atoms with Crippen LogP contribution in [0, 0.1) is 0 Å². The Morgan fingerprint density at radius 3 is 2.81 bits per heavy atom. The van der Waals surface area contributed by atoms with Crippen molar-refractivity contribution >= 4 is 0 Å². The normalized spacial score (nSPS) is 34.0. The van der Waals surface area contributed by atoms with Crippen LogP contribution < -0.4 is 0 Å². The van der Waals surface area contributed by atoms with E-state index in [0.29, 0.717) is 12.1 Å².